The van der Waals surface area contributed by atoms with Gasteiger partial charge in [-0.15, -0.1) is 11.3 Å². The normalized spacial score (nSPS) is 17.1. The van der Waals surface area contributed by atoms with Crippen molar-refractivity contribution in [1.82, 2.24) is 10.4 Å². The summed E-state index contributed by atoms with van der Waals surface area (Å²) in [7, 11) is 0. The average Bonchev–Trinajstić information content (AvgIpc) is 3.27. The van der Waals surface area contributed by atoms with E-state index in [2.05, 4.69) is 15.7 Å². The number of nitrogens with zero attached hydrogens (tertiary/aromatic N) is 2. The molecule has 1 aromatic heterocycles. The molecule has 0 radical (unpaired) electrons. The Morgan fingerprint density at radius 2 is 2.03 bits per heavy atom. The summed E-state index contributed by atoms with van der Waals surface area (Å²) in [5, 5.41) is 6.13. The number of alkyl halides is 3. The molecule has 0 aliphatic carbocycles. The number of nitrogens with one attached hydrogen (secondary N) is 2. The Morgan fingerprint density at radius 1 is 1.33 bits per heavy atom. The van der Waals surface area contributed by atoms with E-state index in [0.29, 0.717) is 5.13 Å². The summed E-state index contributed by atoms with van der Waals surface area (Å²) in [5.74, 6) is -0.713. The third-order valence-corrected chi connectivity index (χ3v) is 5.19. The number of carbonyl (C=O) groups is 1. The van der Waals surface area contributed by atoms with Gasteiger partial charge in [0, 0.05) is 16.9 Å². The zero-order valence-corrected chi connectivity index (χ0v) is 18.0. The van der Waals surface area contributed by atoms with Crippen molar-refractivity contribution in [2.45, 2.75) is 38.4 Å². The van der Waals surface area contributed by atoms with Crippen LogP contribution in [0.2, 0.25) is 5.02 Å². The summed E-state index contributed by atoms with van der Waals surface area (Å²) in [6, 6.07) is 4.39. The molecule has 2 heterocycles. The molecule has 0 bridgehead atoms. The SMILES string of the molecule is CC(C)(C)c1csc(NC(=O)COC2=CC(C(F)(F)F)NN2c2ccccc2Cl)n1. The summed E-state index contributed by atoms with van der Waals surface area (Å²) in [4.78, 5) is 16.6. The first-order valence-corrected chi connectivity index (χ1v) is 10.2. The quantitative estimate of drug-likeness (QED) is 0.668. The van der Waals surface area contributed by atoms with Crippen LogP contribution in [0, 0.1) is 0 Å². The number of anilines is 2. The van der Waals surface area contributed by atoms with Crippen molar-refractivity contribution in [3.8, 4) is 0 Å². The monoisotopic (exact) mass is 460 g/mol. The van der Waals surface area contributed by atoms with Gasteiger partial charge in [0.1, 0.15) is 6.04 Å². The van der Waals surface area contributed by atoms with Crippen LogP contribution < -0.4 is 15.8 Å². The summed E-state index contributed by atoms with van der Waals surface area (Å²) in [6.45, 7) is 5.49. The zero-order chi connectivity index (χ0) is 22.1. The summed E-state index contributed by atoms with van der Waals surface area (Å²) in [5.41, 5.74) is 3.22. The van der Waals surface area contributed by atoms with Gasteiger partial charge in [-0.3, -0.25) is 10.1 Å². The first-order chi connectivity index (χ1) is 13.9. The second-order valence-electron chi connectivity index (χ2n) is 7.56. The molecule has 11 heteroatoms. The fourth-order valence-corrected chi connectivity index (χ4v) is 3.70. The minimum atomic E-state index is -4.54. The average molecular weight is 461 g/mol. The highest BCUT2D eigenvalue weighted by molar-refractivity contribution is 7.13. The maximum absolute atomic E-state index is 13.2. The van der Waals surface area contributed by atoms with E-state index in [4.69, 9.17) is 16.3 Å². The van der Waals surface area contributed by atoms with Gasteiger partial charge in [0.25, 0.3) is 5.91 Å². The van der Waals surface area contributed by atoms with Crippen molar-refractivity contribution in [3.63, 3.8) is 0 Å². The van der Waals surface area contributed by atoms with Gasteiger partial charge in [0.05, 0.1) is 16.4 Å². The number of para-hydroxylation sites is 1. The van der Waals surface area contributed by atoms with Gasteiger partial charge in [0.15, 0.2) is 11.7 Å². The lowest BCUT2D eigenvalue weighted by Crippen LogP contribution is -2.45. The molecule has 1 aliphatic rings. The van der Waals surface area contributed by atoms with Crippen LogP contribution in [-0.4, -0.2) is 29.7 Å². The molecule has 1 atom stereocenters. The van der Waals surface area contributed by atoms with E-state index in [-0.39, 0.29) is 22.0 Å². The van der Waals surface area contributed by atoms with Gasteiger partial charge in [0.2, 0.25) is 5.88 Å². The predicted octanol–water partition coefficient (Wildman–Crippen LogP) is 4.85. The molecule has 1 unspecified atom stereocenters. The highest BCUT2D eigenvalue weighted by atomic mass is 35.5. The first kappa shape index (κ1) is 22.4. The van der Waals surface area contributed by atoms with E-state index in [0.717, 1.165) is 16.8 Å². The van der Waals surface area contributed by atoms with Crippen LogP contribution in [0.5, 0.6) is 0 Å². The van der Waals surface area contributed by atoms with Crippen molar-refractivity contribution in [1.29, 1.82) is 0 Å². The third-order valence-electron chi connectivity index (χ3n) is 4.11. The number of carbonyl (C=O) groups excluding carboxylic acids is 1. The molecule has 2 N–H and O–H groups in total. The number of hydrazine groups is 1. The molecule has 1 amide bonds. The second kappa shape index (κ2) is 8.44. The topological polar surface area (TPSA) is 66.5 Å². The number of aromatic nitrogens is 1. The lowest BCUT2D eigenvalue weighted by molar-refractivity contribution is -0.142. The fraction of sp³-hybridized carbons (Fsp3) is 0.368. The van der Waals surface area contributed by atoms with Crippen LogP contribution in [0.25, 0.3) is 0 Å². The van der Waals surface area contributed by atoms with E-state index in [9.17, 15) is 18.0 Å². The minimum Gasteiger partial charge on any atom is -0.468 e. The van der Waals surface area contributed by atoms with E-state index >= 15 is 0 Å². The molecule has 1 aromatic carbocycles. The highest BCUT2D eigenvalue weighted by Gasteiger charge is 2.44. The number of ether oxygens (including phenoxy) is 1. The van der Waals surface area contributed by atoms with Crippen molar-refractivity contribution in [2.75, 3.05) is 16.9 Å². The maximum Gasteiger partial charge on any atom is 0.409 e. The molecule has 162 valence electrons. The number of hydrogen-bond acceptors (Lipinski definition) is 6. The molecule has 0 saturated carbocycles. The Kier molecular flexibility index (Phi) is 6.30. The number of amides is 1. The first-order valence-electron chi connectivity index (χ1n) is 8.93. The molecule has 0 fully saturated rings. The third kappa shape index (κ3) is 5.24. The molecular weight excluding hydrogens is 441 g/mol. The Bertz CT molecular complexity index is 956. The maximum atomic E-state index is 13.2. The predicted molar refractivity (Wildman–Crippen MR) is 110 cm³/mol. The Morgan fingerprint density at radius 3 is 2.63 bits per heavy atom. The Labute approximate surface area is 180 Å². The summed E-state index contributed by atoms with van der Waals surface area (Å²) in [6.07, 6.45) is -3.69. The van der Waals surface area contributed by atoms with Crippen LogP contribution in [0.4, 0.5) is 24.0 Å². The van der Waals surface area contributed by atoms with Crippen molar-refractivity contribution in [2.24, 2.45) is 0 Å². The zero-order valence-electron chi connectivity index (χ0n) is 16.4. The van der Waals surface area contributed by atoms with Crippen molar-refractivity contribution in [3.05, 3.63) is 52.3 Å². The highest BCUT2D eigenvalue weighted by Crippen LogP contribution is 2.34. The van der Waals surface area contributed by atoms with Crippen LogP contribution in [-0.2, 0) is 14.9 Å². The molecular formula is C19H20ClF3N4O2S. The molecule has 30 heavy (non-hydrogen) atoms. The largest absolute Gasteiger partial charge is 0.468 e. The van der Waals surface area contributed by atoms with Gasteiger partial charge in [-0.1, -0.05) is 44.5 Å². The van der Waals surface area contributed by atoms with Gasteiger partial charge in [-0.05, 0) is 12.1 Å². The smallest absolute Gasteiger partial charge is 0.409 e. The number of halogens is 4. The molecule has 0 saturated heterocycles. The number of hydrogen-bond donors (Lipinski definition) is 2. The van der Waals surface area contributed by atoms with E-state index < -0.39 is 24.7 Å². The second-order valence-corrected chi connectivity index (χ2v) is 8.83. The molecule has 6 nitrogen and oxygen atoms in total. The van der Waals surface area contributed by atoms with Gasteiger partial charge in [-0.2, -0.15) is 13.2 Å². The van der Waals surface area contributed by atoms with Gasteiger partial charge in [-0.25, -0.2) is 15.4 Å². The van der Waals surface area contributed by atoms with Crippen LogP contribution in [0.1, 0.15) is 26.5 Å². The lowest BCUT2D eigenvalue weighted by atomic mass is 9.93. The standard InChI is InChI=1S/C19H20ClF3N4O2S/c1-18(2,3)14-10-30-17(24-14)25-15(28)9-29-16-8-13(19(21,22)23)26-27(16)12-7-5-4-6-11(12)20/h4-8,10,13,26H,9H2,1-3H3,(H,24,25,28). The molecule has 1 aliphatic heterocycles. The minimum absolute atomic E-state index is 0.168. The molecule has 2 aromatic rings. The number of thiazole rings is 1. The van der Waals surface area contributed by atoms with Crippen LogP contribution in [0.3, 0.4) is 0 Å². The molecule has 3 rings (SSSR count). The van der Waals surface area contributed by atoms with Gasteiger partial charge < -0.3 is 4.74 Å². The van der Waals surface area contributed by atoms with E-state index in [1.807, 2.05) is 26.2 Å². The lowest BCUT2D eigenvalue weighted by Gasteiger charge is -2.25. The number of benzene rings is 1. The van der Waals surface area contributed by atoms with Crippen molar-refractivity contribution < 1.29 is 22.7 Å². The Hall–Kier alpha value is -2.30. The van der Waals surface area contributed by atoms with E-state index in [1.54, 1.807) is 18.2 Å². The van der Waals surface area contributed by atoms with Crippen LogP contribution >= 0.6 is 22.9 Å². The van der Waals surface area contributed by atoms with Crippen LogP contribution in [0.15, 0.2) is 41.6 Å². The van der Waals surface area contributed by atoms with Crippen molar-refractivity contribution >= 4 is 39.7 Å². The Balaban J connectivity index is 1.70. The summed E-state index contributed by atoms with van der Waals surface area (Å²) >= 11 is 7.37. The van der Waals surface area contributed by atoms with Gasteiger partial charge >= 0.3 is 6.18 Å². The molecule has 0 spiro atoms. The summed E-state index contributed by atoms with van der Waals surface area (Å²) < 4.78 is 45.0. The fourth-order valence-electron chi connectivity index (χ4n) is 2.53. The van der Waals surface area contributed by atoms with E-state index in [1.165, 1.54) is 17.4 Å². The number of rotatable bonds is 5.